The van der Waals surface area contributed by atoms with Crippen molar-refractivity contribution >= 4 is 39.9 Å². The minimum absolute atomic E-state index is 0.265. The van der Waals surface area contributed by atoms with Crippen LogP contribution in [0.5, 0.6) is 11.5 Å². The number of carbonyl (C=O) groups excluding carboxylic acids is 3. The normalized spacial score (nSPS) is 10.7. The monoisotopic (exact) mass is 565 g/mol. The van der Waals surface area contributed by atoms with Crippen molar-refractivity contribution in [3.8, 4) is 11.5 Å². The van der Waals surface area contributed by atoms with Crippen LogP contribution in [0.1, 0.15) is 51.6 Å². The van der Waals surface area contributed by atoms with Crippen LogP contribution >= 0.6 is 15.9 Å². The second kappa shape index (κ2) is 13.9. The predicted molar refractivity (Wildman–Crippen MR) is 145 cm³/mol. The zero-order chi connectivity index (χ0) is 26.6. The molecule has 0 aliphatic rings. The van der Waals surface area contributed by atoms with E-state index in [1.54, 1.807) is 54.6 Å². The second-order valence-corrected chi connectivity index (χ2v) is 9.06. The van der Waals surface area contributed by atoms with Gasteiger partial charge in [-0.15, -0.1) is 0 Å². The summed E-state index contributed by atoms with van der Waals surface area (Å²) < 4.78 is 11.8. The number of benzene rings is 3. The van der Waals surface area contributed by atoms with Crippen molar-refractivity contribution in [3.63, 3.8) is 0 Å². The third-order valence-electron chi connectivity index (χ3n) is 5.15. The first kappa shape index (κ1) is 27.6. The maximum Gasteiger partial charge on any atom is 0.343 e. The molecule has 9 heteroatoms. The lowest BCUT2D eigenvalue weighted by molar-refractivity contribution is -0.120. The van der Waals surface area contributed by atoms with Crippen molar-refractivity contribution in [2.75, 3.05) is 13.2 Å². The molecular weight excluding hydrogens is 538 g/mol. The minimum atomic E-state index is -0.516. The summed E-state index contributed by atoms with van der Waals surface area (Å²) in [5, 5.41) is 6.47. The molecule has 0 saturated heterocycles. The van der Waals surface area contributed by atoms with Gasteiger partial charge in [0.1, 0.15) is 11.5 Å². The van der Waals surface area contributed by atoms with Gasteiger partial charge in [-0.1, -0.05) is 47.0 Å². The van der Waals surface area contributed by atoms with E-state index in [0.29, 0.717) is 29.0 Å². The van der Waals surface area contributed by atoms with Gasteiger partial charge in [0.15, 0.2) is 0 Å². The summed E-state index contributed by atoms with van der Waals surface area (Å²) in [7, 11) is 0. The van der Waals surface area contributed by atoms with Gasteiger partial charge < -0.3 is 14.8 Å². The lowest BCUT2D eigenvalue weighted by atomic mass is 10.1. The Hall–Kier alpha value is -3.98. The standard InChI is InChI=1S/C28H28BrN3O5/c1-3-4-15-36-24-12-9-20(10-13-24)27(34)30-18-26(33)32-31-17-22-16-23(29)11-14-25(22)37-28(35)21-7-5-19(2)6-8-21/h5-14,16-17H,3-4,15,18H2,1-2H3,(H,30,34)(H,32,33)/b31-17+. The van der Waals surface area contributed by atoms with Crippen LogP contribution < -0.4 is 20.2 Å². The zero-order valence-electron chi connectivity index (χ0n) is 20.6. The third-order valence-corrected chi connectivity index (χ3v) is 5.64. The highest BCUT2D eigenvalue weighted by Gasteiger charge is 2.12. The number of amides is 2. The number of esters is 1. The molecule has 0 unspecified atom stereocenters. The highest BCUT2D eigenvalue weighted by molar-refractivity contribution is 9.10. The molecule has 8 nitrogen and oxygen atoms in total. The Morgan fingerprint density at radius 1 is 0.973 bits per heavy atom. The van der Waals surface area contributed by atoms with Crippen molar-refractivity contribution in [2.45, 2.75) is 26.7 Å². The number of hydrogen-bond donors (Lipinski definition) is 2. The maximum absolute atomic E-state index is 12.5. The summed E-state index contributed by atoms with van der Waals surface area (Å²) in [5.41, 5.74) is 4.69. The fraction of sp³-hybridized carbons (Fsp3) is 0.214. The number of nitrogens with zero attached hydrogens (tertiary/aromatic N) is 1. The molecule has 0 heterocycles. The predicted octanol–water partition coefficient (Wildman–Crippen LogP) is 5.04. The van der Waals surface area contributed by atoms with Crippen LogP contribution in [0.4, 0.5) is 0 Å². The number of aryl methyl sites for hydroxylation is 1. The Labute approximate surface area is 224 Å². The molecule has 3 aromatic carbocycles. The Kier molecular flexibility index (Phi) is 10.4. The number of unbranched alkanes of at least 4 members (excludes halogenated alkanes) is 1. The van der Waals surface area contributed by atoms with Crippen LogP contribution in [0, 0.1) is 6.92 Å². The Bertz CT molecular complexity index is 1260. The smallest absolute Gasteiger partial charge is 0.343 e. The van der Waals surface area contributed by atoms with Crippen LogP contribution in [0.15, 0.2) is 76.3 Å². The largest absolute Gasteiger partial charge is 0.494 e. The van der Waals surface area contributed by atoms with E-state index in [2.05, 4.69) is 38.7 Å². The molecule has 0 atom stereocenters. The first-order valence-corrected chi connectivity index (χ1v) is 12.6. The number of hydrazone groups is 1. The van der Waals surface area contributed by atoms with E-state index >= 15 is 0 Å². The van der Waals surface area contributed by atoms with Crippen LogP contribution in [-0.4, -0.2) is 37.1 Å². The van der Waals surface area contributed by atoms with Gasteiger partial charge in [-0.25, -0.2) is 10.2 Å². The molecule has 0 fully saturated rings. The number of halogens is 1. The SMILES string of the molecule is CCCCOc1ccc(C(=O)NCC(=O)N/N=C/c2cc(Br)ccc2OC(=O)c2ccc(C)cc2)cc1. The molecule has 2 amide bonds. The van der Waals surface area contributed by atoms with E-state index in [0.717, 1.165) is 22.9 Å². The van der Waals surface area contributed by atoms with Crippen LogP contribution in [0.3, 0.4) is 0 Å². The van der Waals surface area contributed by atoms with Crippen LogP contribution in [0.25, 0.3) is 0 Å². The number of carbonyl (C=O) groups is 3. The molecule has 0 aromatic heterocycles. The second-order valence-electron chi connectivity index (χ2n) is 8.14. The van der Waals surface area contributed by atoms with E-state index in [1.807, 2.05) is 19.1 Å². The topological polar surface area (TPSA) is 106 Å². The summed E-state index contributed by atoms with van der Waals surface area (Å²) in [6.45, 7) is 4.37. The molecule has 0 radical (unpaired) electrons. The average molecular weight is 566 g/mol. The maximum atomic E-state index is 12.5. The number of nitrogens with one attached hydrogen (secondary N) is 2. The molecule has 192 valence electrons. The minimum Gasteiger partial charge on any atom is -0.494 e. The van der Waals surface area contributed by atoms with E-state index in [1.165, 1.54) is 6.21 Å². The van der Waals surface area contributed by atoms with Crippen LogP contribution in [0.2, 0.25) is 0 Å². The van der Waals surface area contributed by atoms with E-state index in [4.69, 9.17) is 9.47 Å². The van der Waals surface area contributed by atoms with Gasteiger partial charge in [-0.05, 0) is 67.9 Å². The van der Waals surface area contributed by atoms with Gasteiger partial charge in [-0.3, -0.25) is 9.59 Å². The summed E-state index contributed by atoms with van der Waals surface area (Å²) >= 11 is 3.37. The van der Waals surface area contributed by atoms with Gasteiger partial charge in [-0.2, -0.15) is 5.10 Å². The Morgan fingerprint density at radius 2 is 1.68 bits per heavy atom. The number of hydrogen-bond acceptors (Lipinski definition) is 6. The summed E-state index contributed by atoms with van der Waals surface area (Å²) in [6.07, 6.45) is 3.36. The summed E-state index contributed by atoms with van der Waals surface area (Å²) in [6, 6.07) is 18.8. The molecule has 0 spiro atoms. The number of ether oxygens (including phenoxy) is 2. The van der Waals surface area contributed by atoms with E-state index < -0.39 is 17.8 Å². The Balaban J connectivity index is 1.52. The molecule has 0 bridgehead atoms. The van der Waals surface area contributed by atoms with E-state index in [9.17, 15) is 14.4 Å². The third kappa shape index (κ3) is 8.88. The molecule has 0 saturated carbocycles. The van der Waals surface area contributed by atoms with Gasteiger partial charge >= 0.3 is 5.97 Å². The highest BCUT2D eigenvalue weighted by Crippen LogP contribution is 2.23. The fourth-order valence-electron chi connectivity index (χ4n) is 3.07. The van der Waals surface area contributed by atoms with Gasteiger partial charge in [0.2, 0.25) is 0 Å². The lowest BCUT2D eigenvalue weighted by Gasteiger charge is -2.09. The highest BCUT2D eigenvalue weighted by atomic mass is 79.9. The fourth-order valence-corrected chi connectivity index (χ4v) is 3.45. The van der Waals surface area contributed by atoms with Gasteiger partial charge in [0.25, 0.3) is 11.8 Å². The molecule has 3 rings (SSSR count). The zero-order valence-corrected chi connectivity index (χ0v) is 22.2. The lowest BCUT2D eigenvalue weighted by Crippen LogP contribution is -2.34. The van der Waals surface area contributed by atoms with Crippen molar-refractivity contribution in [3.05, 3.63) is 93.5 Å². The first-order chi connectivity index (χ1) is 17.9. The molecule has 0 aliphatic heterocycles. The van der Waals surface area contributed by atoms with Gasteiger partial charge in [0, 0.05) is 15.6 Å². The summed E-state index contributed by atoms with van der Waals surface area (Å²) in [5.74, 6) is -0.450. The van der Waals surface area contributed by atoms with Crippen molar-refractivity contribution in [1.29, 1.82) is 0 Å². The molecule has 2 N–H and O–H groups in total. The number of rotatable bonds is 11. The van der Waals surface area contributed by atoms with Crippen molar-refractivity contribution in [2.24, 2.45) is 5.10 Å². The molecule has 3 aromatic rings. The molecule has 0 aliphatic carbocycles. The Morgan fingerprint density at radius 3 is 2.38 bits per heavy atom. The van der Waals surface area contributed by atoms with Crippen molar-refractivity contribution in [1.82, 2.24) is 10.7 Å². The van der Waals surface area contributed by atoms with Gasteiger partial charge in [0.05, 0.1) is 24.9 Å². The van der Waals surface area contributed by atoms with Crippen LogP contribution in [-0.2, 0) is 4.79 Å². The molecule has 37 heavy (non-hydrogen) atoms. The average Bonchev–Trinajstić information content (AvgIpc) is 2.89. The quantitative estimate of drug-likeness (QED) is 0.111. The molecular formula is C28H28BrN3O5. The summed E-state index contributed by atoms with van der Waals surface area (Å²) in [4.78, 5) is 37.0. The van der Waals surface area contributed by atoms with Crippen molar-refractivity contribution < 1.29 is 23.9 Å². The first-order valence-electron chi connectivity index (χ1n) is 11.8. The van der Waals surface area contributed by atoms with E-state index in [-0.39, 0.29) is 12.3 Å².